The van der Waals surface area contributed by atoms with Crippen LogP contribution in [-0.2, 0) is 28.7 Å². The summed E-state index contributed by atoms with van der Waals surface area (Å²) in [6, 6.07) is 0.364. The Bertz CT molecular complexity index is 959. The molecule has 4 rings (SSSR count). The number of nitrogens with one attached hydrogen (secondary N) is 2. The molecular formula is C35H60N2O8. The molecular weight excluding hydrogens is 576 g/mol. The van der Waals surface area contributed by atoms with E-state index in [-0.39, 0.29) is 47.4 Å². The largest absolute Gasteiger partial charge is 0.481 e. The average Bonchev–Trinajstić information content (AvgIpc) is 3.00. The van der Waals surface area contributed by atoms with Crippen molar-refractivity contribution in [1.82, 2.24) is 10.8 Å². The Morgan fingerprint density at radius 1 is 0.667 bits per heavy atom. The zero-order chi connectivity index (χ0) is 32.6. The molecule has 4 aliphatic carbocycles. The van der Waals surface area contributed by atoms with E-state index >= 15 is 0 Å². The van der Waals surface area contributed by atoms with E-state index in [2.05, 4.69) is 38.5 Å². The molecule has 4 saturated carbocycles. The number of hydroxylamine groups is 1. The predicted octanol–water partition coefficient (Wildman–Crippen LogP) is 5.58. The first-order chi connectivity index (χ1) is 21.4. The summed E-state index contributed by atoms with van der Waals surface area (Å²) in [4.78, 5) is 42.1. The number of carbonyl (C=O) groups excluding carboxylic acids is 1. The second-order valence-electron chi connectivity index (χ2n) is 15.8. The molecule has 6 atom stereocenters. The first-order valence-electron chi connectivity index (χ1n) is 17.8. The number of rotatable bonds is 14. The molecule has 0 spiro atoms. The third kappa shape index (κ3) is 11.2. The molecule has 0 bridgehead atoms. The van der Waals surface area contributed by atoms with Gasteiger partial charge in [-0.15, -0.1) is 0 Å². The van der Waals surface area contributed by atoms with Crippen molar-refractivity contribution >= 4 is 17.8 Å². The molecule has 0 aliphatic heterocycles. The van der Waals surface area contributed by atoms with Crippen LogP contribution < -0.4 is 10.8 Å². The highest BCUT2D eigenvalue weighted by molar-refractivity contribution is 5.85. The summed E-state index contributed by atoms with van der Waals surface area (Å²) < 4.78 is 12.7. The van der Waals surface area contributed by atoms with Crippen LogP contribution in [-0.4, -0.2) is 72.2 Å². The van der Waals surface area contributed by atoms with Crippen LogP contribution in [0.5, 0.6) is 0 Å². The Labute approximate surface area is 270 Å². The van der Waals surface area contributed by atoms with E-state index in [9.17, 15) is 24.6 Å². The summed E-state index contributed by atoms with van der Waals surface area (Å²) in [5.41, 5.74) is 3.11. The minimum Gasteiger partial charge on any atom is -0.481 e. The van der Waals surface area contributed by atoms with Gasteiger partial charge in [0.25, 0.3) is 0 Å². The Kier molecular flexibility index (Phi) is 13.5. The van der Waals surface area contributed by atoms with Crippen LogP contribution in [0.1, 0.15) is 118 Å². The lowest BCUT2D eigenvalue weighted by molar-refractivity contribution is -0.150. The van der Waals surface area contributed by atoms with Crippen LogP contribution in [0, 0.1) is 40.9 Å². The van der Waals surface area contributed by atoms with Crippen LogP contribution in [0.15, 0.2) is 0 Å². The maximum Gasteiger partial charge on any atom is 0.307 e. The van der Waals surface area contributed by atoms with Crippen molar-refractivity contribution in [3.63, 3.8) is 0 Å². The van der Waals surface area contributed by atoms with Gasteiger partial charge in [-0.05, 0) is 108 Å². The summed E-state index contributed by atoms with van der Waals surface area (Å²) in [6.45, 7) is 10.4. The molecule has 0 aromatic heterocycles. The van der Waals surface area contributed by atoms with Gasteiger partial charge in [0.05, 0.1) is 49.8 Å². The lowest BCUT2D eigenvalue weighted by Gasteiger charge is -2.36. The highest BCUT2D eigenvalue weighted by Crippen LogP contribution is 2.36. The number of carbonyl (C=O) groups is 3. The minimum absolute atomic E-state index is 0.0718. The summed E-state index contributed by atoms with van der Waals surface area (Å²) in [5.74, 6) is -1.91. The Morgan fingerprint density at radius 3 is 1.73 bits per heavy atom. The number of ether oxygens (including phenoxy) is 2. The van der Waals surface area contributed by atoms with Gasteiger partial charge in [-0.3, -0.25) is 14.4 Å². The zero-order valence-corrected chi connectivity index (χ0v) is 28.1. The smallest absolute Gasteiger partial charge is 0.307 e. The number of carboxylic acid groups (broad SMARTS) is 2. The molecule has 0 aromatic carbocycles. The predicted molar refractivity (Wildman–Crippen MR) is 170 cm³/mol. The Hall–Kier alpha value is -1.75. The van der Waals surface area contributed by atoms with Crippen molar-refractivity contribution in [2.45, 2.75) is 142 Å². The second-order valence-corrected chi connectivity index (χ2v) is 15.8. The Balaban J connectivity index is 1.07. The standard InChI is InChI=1S/C35H60N2O8/c1-22-5-15-29(33(39)40)24(17-22)19-45-37-26-9-13-28(14-10-26)44-21-35(3,4)20-43-27-11-7-25(8-12-27)36-32(38)31-18-23(2)6-16-30(31)34(41)42/h22-31,37H,5-21H2,1-4H3,(H,36,38)(H,39,40)(H,41,42). The third-order valence-corrected chi connectivity index (χ3v) is 11.0. The van der Waals surface area contributed by atoms with Crippen LogP contribution in [0.3, 0.4) is 0 Å². The summed E-state index contributed by atoms with van der Waals surface area (Å²) in [6.07, 6.45) is 12.5. The number of amides is 1. The summed E-state index contributed by atoms with van der Waals surface area (Å²) in [5, 5.41) is 22.3. The summed E-state index contributed by atoms with van der Waals surface area (Å²) in [7, 11) is 0. The Morgan fingerprint density at radius 2 is 1.18 bits per heavy atom. The highest BCUT2D eigenvalue weighted by atomic mass is 16.6. The van der Waals surface area contributed by atoms with E-state index in [1.54, 1.807) is 0 Å². The average molecular weight is 637 g/mol. The molecule has 10 heteroatoms. The lowest BCUT2D eigenvalue weighted by atomic mass is 9.74. The molecule has 0 heterocycles. The second kappa shape index (κ2) is 16.9. The van der Waals surface area contributed by atoms with Gasteiger partial charge in [-0.2, -0.15) is 5.48 Å². The van der Waals surface area contributed by atoms with Gasteiger partial charge >= 0.3 is 11.9 Å². The molecule has 258 valence electrons. The van der Waals surface area contributed by atoms with Gasteiger partial charge in [-0.25, -0.2) is 0 Å². The van der Waals surface area contributed by atoms with Gasteiger partial charge in [0.15, 0.2) is 0 Å². The van der Waals surface area contributed by atoms with Crippen LogP contribution in [0.25, 0.3) is 0 Å². The van der Waals surface area contributed by atoms with E-state index in [1.165, 1.54) is 0 Å². The lowest BCUT2D eigenvalue weighted by Crippen LogP contribution is -2.46. The minimum atomic E-state index is -0.849. The van der Waals surface area contributed by atoms with Gasteiger partial charge < -0.3 is 29.8 Å². The SMILES string of the molecule is CC1CCC(C(=O)O)C(CONC2CCC(OCC(C)(C)COC3CCC(NC(=O)C4CC(C)CCC4C(=O)O)CC3)CC2)C1. The van der Waals surface area contributed by atoms with E-state index in [4.69, 9.17) is 14.3 Å². The fraction of sp³-hybridized carbons (Fsp3) is 0.914. The van der Waals surface area contributed by atoms with Gasteiger partial charge in [0, 0.05) is 17.5 Å². The summed E-state index contributed by atoms with van der Waals surface area (Å²) >= 11 is 0. The number of aliphatic carboxylic acids is 2. The van der Waals surface area contributed by atoms with Crippen LogP contribution in [0.4, 0.5) is 0 Å². The number of hydrogen-bond acceptors (Lipinski definition) is 7. The molecule has 0 radical (unpaired) electrons. The van der Waals surface area contributed by atoms with Crippen LogP contribution >= 0.6 is 0 Å². The molecule has 10 nitrogen and oxygen atoms in total. The first kappa shape index (κ1) is 36.1. The number of carboxylic acids is 2. The molecule has 4 fully saturated rings. The van der Waals surface area contributed by atoms with Gasteiger partial charge in [0.1, 0.15) is 0 Å². The fourth-order valence-corrected chi connectivity index (χ4v) is 8.01. The van der Waals surface area contributed by atoms with Crippen molar-refractivity contribution in [3.8, 4) is 0 Å². The van der Waals surface area contributed by atoms with E-state index in [0.717, 1.165) is 77.0 Å². The fourth-order valence-electron chi connectivity index (χ4n) is 8.01. The molecule has 0 aromatic rings. The normalized spacial score (nSPS) is 36.3. The van der Waals surface area contributed by atoms with Gasteiger partial charge in [-0.1, -0.05) is 27.7 Å². The molecule has 1 amide bonds. The van der Waals surface area contributed by atoms with E-state index in [0.29, 0.717) is 44.5 Å². The van der Waals surface area contributed by atoms with Crippen LogP contribution in [0.2, 0.25) is 0 Å². The van der Waals surface area contributed by atoms with Gasteiger partial charge in [0.2, 0.25) is 5.91 Å². The third-order valence-electron chi connectivity index (χ3n) is 11.0. The maximum atomic E-state index is 13.0. The quantitative estimate of drug-likeness (QED) is 0.180. The molecule has 4 aliphatic rings. The van der Waals surface area contributed by atoms with Crippen molar-refractivity contribution in [2.24, 2.45) is 40.9 Å². The topological polar surface area (TPSA) is 143 Å². The highest BCUT2D eigenvalue weighted by Gasteiger charge is 2.39. The molecule has 6 unspecified atom stereocenters. The number of hydrogen-bond donors (Lipinski definition) is 4. The van der Waals surface area contributed by atoms with Crippen molar-refractivity contribution < 1.29 is 38.9 Å². The van der Waals surface area contributed by atoms with Crippen molar-refractivity contribution in [1.29, 1.82) is 0 Å². The van der Waals surface area contributed by atoms with E-state index in [1.807, 2.05) is 0 Å². The zero-order valence-electron chi connectivity index (χ0n) is 28.1. The first-order valence-corrected chi connectivity index (χ1v) is 17.8. The molecule has 45 heavy (non-hydrogen) atoms. The van der Waals surface area contributed by atoms with Crippen molar-refractivity contribution in [3.05, 3.63) is 0 Å². The molecule has 4 N–H and O–H groups in total. The molecule has 0 saturated heterocycles. The van der Waals surface area contributed by atoms with E-state index < -0.39 is 23.8 Å². The van der Waals surface area contributed by atoms with Crippen molar-refractivity contribution in [2.75, 3.05) is 19.8 Å². The maximum absolute atomic E-state index is 13.0. The monoisotopic (exact) mass is 636 g/mol.